The summed E-state index contributed by atoms with van der Waals surface area (Å²) in [6, 6.07) is 18.6. The zero-order valence-corrected chi connectivity index (χ0v) is 15.8. The van der Waals surface area contributed by atoms with Crippen molar-refractivity contribution in [2.75, 3.05) is 0 Å². The second-order valence-corrected chi connectivity index (χ2v) is 5.92. The lowest BCUT2D eigenvalue weighted by Crippen LogP contribution is -2.12. The lowest BCUT2D eigenvalue weighted by molar-refractivity contribution is -0.0119. The number of alkyl halides is 5. The normalized spacial score (nSPS) is 10.0. The molecule has 0 aliphatic rings. The van der Waals surface area contributed by atoms with Crippen LogP contribution in [0.4, 0.5) is 17.6 Å². The Hall–Kier alpha value is -2.64. The van der Waals surface area contributed by atoms with Gasteiger partial charge in [0.2, 0.25) is 0 Å². The van der Waals surface area contributed by atoms with E-state index in [0.717, 1.165) is 0 Å². The van der Waals surface area contributed by atoms with Crippen LogP contribution in [-0.2, 0) is 10.8 Å². The molecule has 0 radical (unpaired) electrons. The molecule has 142 valence electrons. The molecule has 0 unspecified atom stereocenters. The molecule has 0 heterocycles. The lowest BCUT2D eigenvalue weighted by atomic mass is 10.0. The minimum Gasteiger partial charge on any atom is -0.201 e. The van der Waals surface area contributed by atoms with Gasteiger partial charge in [-0.25, -0.2) is 8.78 Å². The Balaban J connectivity index is 0.000000428. The van der Waals surface area contributed by atoms with E-state index in [1.54, 1.807) is 48.5 Å². The van der Waals surface area contributed by atoms with Crippen molar-refractivity contribution in [2.24, 2.45) is 0 Å². The Morgan fingerprint density at radius 3 is 1.59 bits per heavy atom. The minimum atomic E-state index is -2.89. The number of nitriles is 2. The van der Waals surface area contributed by atoms with Crippen molar-refractivity contribution in [1.82, 2.24) is 0 Å². The van der Waals surface area contributed by atoms with Crippen molar-refractivity contribution in [2.45, 2.75) is 23.6 Å². The van der Waals surface area contributed by atoms with Crippen molar-refractivity contribution >= 4 is 15.9 Å². The highest BCUT2D eigenvalue weighted by molar-refractivity contribution is 9.09. The van der Waals surface area contributed by atoms with Gasteiger partial charge in [0.15, 0.2) is 0 Å². The molecule has 2 aromatic carbocycles. The quantitative estimate of drug-likeness (QED) is 0.294. The summed E-state index contributed by atoms with van der Waals surface area (Å²) in [5, 5.41) is 15.7. The SMILES string of the molecule is C=CC#N.FC(F)(Br)c1ccccc1.N#CCCC(F)(F)c1ccccc1. The molecule has 0 fully saturated rings. The van der Waals surface area contributed by atoms with Crippen LogP contribution in [0.15, 0.2) is 73.3 Å². The summed E-state index contributed by atoms with van der Waals surface area (Å²) < 4.78 is 51.1. The number of allylic oxidation sites excluding steroid dienone is 1. The zero-order chi connectivity index (χ0) is 20.8. The van der Waals surface area contributed by atoms with Crippen LogP contribution in [0.25, 0.3) is 0 Å². The van der Waals surface area contributed by atoms with E-state index in [0.29, 0.717) is 0 Å². The number of hydrogen-bond donors (Lipinski definition) is 0. The Morgan fingerprint density at radius 1 is 0.889 bits per heavy atom. The van der Waals surface area contributed by atoms with Crippen LogP contribution in [0.3, 0.4) is 0 Å². The average molecular weight is 441 g/mol. The van der Waals surface area contributed by atoms with Crippen molar-refractivity contribution in [3.63, 3.8) is 0 Å². The number of hydrogen-bond acceptors (Lipinski definition) is 2. The molecule has 27 heavy (non-hydrogen) atoms. The van der Waals surface area contributed by atoms with E-state index in [4.69, 9.17) is 10.5 Å². The van der Waals surface area contributed by atoms with Gasteiger partial charge in [-0.1, -0.05) is 67.2 Å². The van der Waals surface area contributed by atoms with Gasteiger partial charge in [-0.3, -0.25) is 0 Å². The van der Waals surface area contributed by atoms with Gasteiger partial charge in [0.25, 0.3) is 5.92 Å². The molecule has 0 aliphatic carbocycles. The first-order chi connectivity index (χ1) is 12.7. The third-order valence-corrected chi connectivity index (χ3v) is 3.40. The Labute approximate surface area is 164 Å². The van der Waals surface area contributed by atoms with E-state index >= 15 is 0 Å². The first-order valence-corrected chi connectivity index (χ1v) is 8.41. The van der Waals surface area contributed by atoms with Crippen LogP contribution in [0.1, 0.15) is 24.0 Å². The van der Waals surface area contributed by atoms with E-state index in [1.165, 1.54) is 30.3 Å². The van der Waals surface area contributed by atoms with E-state index in [-0.39, 0.29) is 17.5 Å². The van der Waals surface area contributed by atoms with E-state index in [1.807, 2.05) is 0 Å². The Bertz CT molecular complexity index is 746. The molecule has 0 spiro atoms. The molecular weight excluding hydrogens is 424 g/mol. The maximum absolute atomic E-state index is 13.2. The van der Waals surface area contributed by atoms with E-state index < -0.39 is 17.2 Å². The highest BCUT2D eigenvalue weighted by atomic mass is 79.9. The van der Waals surface area contributed by atoms with Crippen molar-refractivity contribution < 1.29 is 17.6 Å². The third kappa shape index (κ3) is 10.8. The molecular formula is C20H17BrF4N2. The van der Waals surface area contributed by atoms with Crippen LogP contribution < -0.4 is 0 Å². The van der Waals surface area contributed by atoms with Crippen molar-refractivity contribution in [3.05, 3.63) is 84.4 Å². The second-order valence-electron chi connectivity index (χ2n) is 4.93. The fourth-order valence-corrected chi connectivity index (χ4v) is 1.93. The summed E-state index contributed by atoms with van der Waals surface area (Å²) in [5.41, 5.74) is -0.0414. The highest BCUT2D eigenvalue weighted by Crippen LogP contribution is 2.34. The number of rotatable bonds is 4. The predicted molar refractivity (Wildman–Crippen MR) is 100 cm³/mol. The molecule has 0 bridgehead atoms. The van der Waals surface area contributed by atoms with Crippen LogP contribution >= 0.6 is 15.9 Å². The zero-order valence-electron chi connectivity index (χ0n) is 14.3. The van der Waals surface area contributed by atoms with Gasteiger partial charge in [-0.2, -0.15) is 19.3 Å². The fourth-order valence-electron chi connectivity index (χ4n) is 1.67. The van der Waals surface area contributed by atoms with Crippen LogP contribution in [0.2, 0.25) is 0 Å². The molecule has 0 N–H and O–H groups in total. The van der Waals surface area contributed by atoms with Gasteiger partial charge >= 0.3 is 4.83 Å². The van der Waals surface area contributed by atoms with Gasteiger partial charge in [-0.05, 0) is 15.9 Å². The molecule has 2 nitrogen and oxygen atoms in total. The van der Waals surface area contributed by atoms with Crippen molar-refractivity contribution in [1.29, 1.82) is 10.5 Å². The van der Waals surface area contributed by atoms with Gasteiger partial charge < -0.3 is 0 Å². The smallest absolute Gasteiger partial charge is 0.201 e. The molecule has 2 aromatic rings. The molecule has 0 saturated carbocycles. The van der Waals surface area contributed by atoms with Crippen LogP contribution in [0, 0.1) is 22.7 Å². The molecule has 0 saturated heterocycles. The lowest BCUT2D eigenvalue weighted by Gasteiger charge is -2.14. The molecule has 2 rings (SSSR count). The largest absolute Gasteiger partial charge is 0.326 e. The molecule has 0 aromatic heterocycles. The topological polar surface area (TPSA) is 47.6 Å². The van der Waals surface area contributed by atoms with Gasteiger partial charge in [0.1, 0.15) is 0 Å². The maximum Gasteiger partial charge on any atom is 0.326 e. The molecule has 7 heteroatoms. The van der Waals surface area contributed by atoms with Gasteiger partial charge in [-0.15, -0.1) is 0 Å². The Morgan fingerprint density at radius 2 is 1.30 bits per heavy atom. The predicted octanol–water partition coefficient (Wildman–Crippen LogP) is 6.91. The summed E-state index contributed by atoms with van der Waals surface area (Å²) in [4.78, 5) is -2.89. The first-order valence-electron chi connectivity index (χ1n) is 7.62. The monoisotopic (exact) mass is 440 g/mol. The average Bonchev–Trinajstić information content (AvgIpc) is 2.68. The highest BCUT2D eigenvalue weighted by Gasteiger charge is 2.30. The van der Waals surface area contributed by atoms with E-state index in [2.05, 4.69) is 22.5 Å². The molecule has 0 aliphatic heterocycles. The summed E-state index contributed by atoms with van der Waals surface area (Å²) in [7, 11) is 0. The van der Waals surface area contributed by atoms with Crippen LogP contribution in [0.5, 0.6) is 0 Å². The second kappa shape index (κ2) is 12.7. The number of benzene rings is 2. The van der Waals surface area contributed by atoms with Crippen molar-refractivity contribution in [3.8, 4) is 12.1 Å². The van der Waals surface area contributed by atoms with Crippen LogP contribution in [-0.4, -0.2) is 0 Å². The number of halogens is 5. The summed E-state index contributed by atoms with van der Waals surface area (Å²) in [5.74, 6) is -2.88. The standard InChI is InChI=1S/C10H9F2N.C7H5BrF2.C3H3N/c11-10(12,7-4-8-13)9-5-2-1-3-6-9;8-7(9,10)6-4-2-1-3-5-6;1-2-3-4/h1-3,5-6H,4,7H2;1-5H;2H,1H2. The molecule has 0 atom stereocenters. The molecule has 0 amide bonds. The van der Waals surface area contributed by atoms with Gasteiger partial charge in [0, 0.05) is 30.0 Å². The third-order valence-electron chi connectivity index (χ3n) is 2.94. The first kappa shape index (κ1) is 24.4. The Kier molecular flexibility index (Phi) is 11.4. The summed E-state index contributed by atoms with van der Waals surface area (Å²) in [6.07, 6.45) is 0.648. The minimum absolute atomic E-state index is 0.0185. The summed E-state index contributed by atoms with van der Waals surface area (Å²) >= 11 is 2.25. The van der Waals surface area contributed by atoms with Gasteiger partial charge in [0.05, 0.1) is 12.1 Å². The number of nitrogens with zero attached hydrogens (tertiary/aromatic N) is 2. The summed E-state index contributed by atoms with van der Waals surface area (Å²) in [6.45, 7) is 3.12. The van der Waals surface area contributed by atoms with E-state index in [9.17, 15) is 17.6 Å². The fraction of sp³-hybridized carbons (Fsp3) is 0.200. The maximum atomic E-state index is 13.2.